The van der Waals surface area contributed by atoms with Gasteiger partial charge in [0.1, 0.15) is 23.7 Å². The molecule has 1 spiro atoms. The summed E-state index contributed by atoms with van der Waals surface area (Å²) in [4.78, 5) is 42.2. The molecule has 2 saturated heterocycles. The maximum absolute atomic E-state index is 12.9. The Bertz CT molecular complexity index is 1500. The lowest BCUT2D eigenvalue weighted by molar-refractivity contribution is 0.0266. The number of nitrogens with one attached hydrogen (secondary N) is 1. The van der Waals surface area contributed by atoms with Gasteiger partial charge in [-0.1, -0.05) is 19.6 Å². The summed E-state index contributed by atoms with van der Waals surface area (Å²) in [5.74, 6) is 1.24. The van der Waals surface area contributed by atoms with Crippen LogP contribution < -0.4 is 10.5 Å². The second-order valence-electron chi connectivity index (χ2n) is 14.1. The molecule has 0 aromatic carbocycles. The van der Waals surface area contributed by atoms with E-state index in [9.17, 15) is 9.59 Å². The number of hydrogen-bond acceptors (Lipinski definition) is 8. The van der Waals surface area contributed by atoms with Crippen molar-refractivity contribution in [3.8, 4) is 11.4 Å². The molecular formula is C30H45N7O4Si. The topological polar surface area (TPSA) is 118 Å². The number of hydrogen-bond donors (Lipinski definition) is 1. The minimum absolute atomic E-state index is 0.0732. The Morgan fingerprint density at radius 2 is 1.83 bits per heavy atom. The van der Waals surface area contributed by atoms with Crippen LogP contribution in [0.4, 0.5) is 10.6 Å². The monoisotopic (exact) mass is 595 g/mol. The third-order valence-electron chi connectivity index (χ3n) is 8.23. The molecule has 0 atom stereocenters. The van der Waals surface area contributed by atoms with E-state index in [-0.39, 0.29) is 17.1 Å². The molecule has 5 rings (SSSR count). The molecule has 2 aliphatic rings. The van der Waals surface area contributed by atoms with Crippen LogP contribution in [0.1, 0.15) is 45.7 Å². The summed E-state index contributed by atoms with van der Waals surface area (Å²) >= 11 is 0. The number of piperidine rings is 1. The molecule has 3 aromatic rings. The van der Waals surface area contributed by atoms with Crippen LogP contribution in [0.3, 0.4) is 0 Å². The molecule has 11 nitrogen and oxygen atoms in total. The van der Waals surface area contributed by atoms with Crippen LogP contribution in [-0.4, -0.2) is 82.2 Å². The van der Waals surface area contributed by atoms with E-state index >= 15 is 0 Å². The summed E-state index contributed by atoms with van der Waals surface area (Å²) in [7, 11) is -1.17. The van der Waals surface area contributed by atoms with Crippen molar-refractivity contribution < 1.29 is 14.3 Å². The number of nitrogens with zero attached hydrogens (tertiary/aromatic N) is 6. The van der Waals surface area contributed by atoms with E-state index in [1.807, 2.05) is 44.9 Å². The smallest absolute Gasteiger partial charge is 0.410 e. The number of fused-ring (bicyclic) bond motifs is 1. The van der Waals surface area contributed by atoms with E-state index in [0.29, 0.717) is 31.2 Å². The van der Waals surface area contributed by atoms with Gasteiger partial charge in [-0.3, -0.25) is 4.79 Å². The number of anilines is 1. The number of carbonyl (C=O) groups is 1. The van der Waals surface area contributed by atoms with Crippen molar-refractivity contribution in [1.29, 1.82) is 0 Å². The van der Waals surface area contributed by atoms with Crippen molar-refractivity contribution in [2.75, 3.05) is 37.7 Å². The van der Waals surface area contributed by atoms with Gasteiger partial charge in [0.15, 0.2) is 5.82 Å². The lowest BCUT2D eigenvalue weighted by atomic mass is 9.78. The normalized spacial score (nSPS) is 17.4. The van der Waals surface area contributed by atoms with E-state index in [4.69, 9.17) is 19.4 Å². The van der Waals surface area contributed by atoms with Crippen molar-refractivity contribution >= 4 is 30.9 Å². The maximum Gasteiger partial charge on any atom is 0.410 e. The van der Waals surface area contributed by atoms with Gasteiger partial charge in [-0.25, -0.2) is 19.4 Å². The number of H-pyrrole nitrogens is 1. The predicted molar refractivity (Wildman–Crippen MR) is 167 cm³/mol. The van der Waals surface area contributed by atoms with Crippen LogP contribution in [0, 0.1) is 12.3 Å². The summed E-state index contributed by atoms with van der Waals surface area (Å²) in [6.07, 6.45) is 6.16. The van der Waals surface area contributed by atoms with E-state index in [1.54, 1.807) is 10.9 Å². The van der Waals surface area contributed by atoms with E-state index in [0.717, 1.165) is 67.4 Å². The average Bonchev–Trinajstić information content (AvgIpc) is 3.49. The van der Waals surface area contributed by atoms with Gasteiger partial charge in [0, 0.05) is 53.3 Å². The van der Waals surface area contributed by atoms with Gasteiger partial charge in [-0.2, -0.15) is 5.10 Å². The fourth-order valence-corrected chi connectivity index (χ4v) is 6.53. The molecule has 2 fully saturated rings. The Balaban J connectivity index is 1.35. The number of likely N-dealkylation sites (tertiary alicyclic amines) is 1. The number of rotatable bonds is 7. The Kier molecular flexibility index (Phi) is 8.23. The highest BCUT2D eigenvalue weighted by molar-refractivity contribution is 6.76. The number of amides is 1. The van der Waals surface area contributed by atoms with Gasteiger partial charge in [0.25, 0.3) is 5.56 Å². The van der Waals surface area contributed by atoms with E-state index in [2.05, 4.69) is 34.6 Å². The largest absolute Gasteiger partial charge is 0.444 e. The zero-order valence-electron chi connectivity index (χ0n) is 26.1. The minimum atomic E-state index is -1.17. The van der Waals surface area contributed by atoms with Crippen molar-refractivity contribution in [3.63, 3.8) is 0 Å². The first-order valence-corrected chi connectivity index (χ1v) is 18.7. The molecule has 42 heavy (non-hydrogen) atoms. The summed E-state index contributed by atoms with van der Waals surface area (Å²) < 4.78 is 13.3. The lowest BCUT2D eigenvalue weighted by Crippen LogP contribution is -2.43. The zero-order valence-corrected chi connectivity index (χ0v) is 27.1. The van der Waals surface area contributed by atoms with Crippen molar-refractivity contribution in [3.05, 3.63) is 34.5 Å². The number of carbonyl (C=O) groups excluding carboxylic acids is 1. The highest BCUT2D eigenvalue weighted by atomic mass is 28.3. The molecule has 0 aliphatic carbocycles. The Morgan fingerprint density at radius 1 is 1.12 bits per heavy atom. The van der Waals surface area contributed by atoms with Crippen LogP contribution >= 0.6 is 0 Å². The average molecular weight is 596 g/mol. The number of ether oxygens (including phenoxy) is 2. The highest BCUT2D eigenvalue weighted by Gasteiger charge is 2.43. The van der Waals surface area contributed by atoms with Crippen LogP contribution in [0.5, 0.6) is 0 Å². The highest BCUT2D eigenvalue weighted by Crippen LogP contribution is 2.42. The van der Waals surface area contributed by atoms with Crippen LogP contribution in [0.15, 0.2) is 23.3 Å². The Morgan fingerprint density at radius 3 is 2.52 bits per heavy atom. The number of aromatic amines is 1. The number of aromatic nitrogens is 5. The second kappa shape index (κ2) is 11.4. The molecule has 0 saturated carbocycles. The quantitative estimate of drug-likeness (QED) is 0.299. The van der Waals surface area contributed by atoms with Gasteiger partial charge in [0.2, 0.25) is 0 Å². The molecule has 1 amide bonds. The summed E-state index contributed by atoms with van der Waals surface area (Å²) in [6, 6.07) is 2.97. The SMILES string of the molecule is Cc1nn(COCC[Si](C)(C)C)cc1-c1nc(N2CCC3(CCN(C(=O)OC(C)(C)C)C3)CC2)c2cc[nH]c(=O)c2n1. The molecule has 1 N–H and O–H groups in total. The first-order valence-electron chi connectivity index (χ1n) is 15.0. The molecular weight excluding hydrogens is 550 g/mol. The third-order valence-corrected chi connectivity index (χ3v) is 9.93. The van der Waals surface area contributed by atoms with Gasteiger partial charge in [-0.05, 0) is 64.5 Å². The Hall–Kier alpha value is -3.25. The molecule has 228 valence electrons. The molecule has 2 aliphatic heterocycles. The predicted octanol–water partition coefficient (Wildman–Crippen LogP) is 5.03. The first kappa shape index (κ1) is 30.2. The van der Waals surface area contributed by atoms with Crippen LogP contribution in [0.25, 0.3) is 22.3 Å². The van der Waals surface area contributed by atoms with Crippen LogP contribution in [0.2, 0.25) is 25.7 Å². The summed E-state index contributed by atoms with van der Waals surface area (Å²) in [5, 5.41) is 5.37. The van der Waals surface area contributed by atoms with Gasteiger partial charge in [0.05, 0.1) is 16.6 Å². The summed E-state index contributed by atoms with van der Waals surface area (Å²) in [5.41, 5.74) is 1.27. The van der Waals surface area contributed by atoms with Gasteiger partial charge < -0.3 is 24.3 Å². The van der Waals surface area contributed by atoms with E-state index in [1.165, 1.54) is 0 Å². The maximum atomic E-state index is 12.9. The minimum Gasteiger partial charge on any atom is -0.444 e. The number of aryl methyl sites for hydroxylation is 1. The van der Waals surface area contributed by atoms with Crippen molar-refractivity contribution in [2.24, 2.45) is 5.41 Å². The van der Waals surface area contributed by atoms with Crippen molar-refractivity contribution in [2.45, 2.75) is 85.0 Å². The van der Waals surface area contributed by atoms with Crippen molar-refractivity contribution in [1.82, 2.24) is 29.6 Å². The molecule has 0 bridgehead atoms. The molecule has 12 heteroatoms. The molecule has 0 radical (unpaired) electrons. The molecule has 0 unspecified atom stereocenters. The fourth-order valence-electron chi connectivity index (χ4n) is 5.77. The third kappa shape index (κ3) is 6.86. The first-order chi connectivity index (χ1) is 19.7. The fraction of sp³-hybridized carbons (Fsp3) is 0.633. The zero-order chi connectivity index (χ0) is 30.3. The number of pyridine rings is 1. The standard InChI is InChI=1S/C30H45N7O4Si/c1-21-23(18-37(34-21)20-40-16-17-42(5,6)7)25-32-24-22(8-12-31-27(24)38)26(33-25)35-13-9-30(10-14-35)11-15-36(19-30)28(39)41-29(2,3)4/h8,12,18H,9-11,13-17,19-20H2,1-7H3,(H,31,38). The van der Waals surface area contributed by atoms with Gasteiger partial charge in [-0.15, -0.1) is 0 Å². The molecule has 5 heterocycles. The lowest BCUT2D eigenvalue weighted by Gasteiger charge is -2.40. The summed E-state index contributed by atoms with van der Waals surface area (Å²) in [6.45, 7) is 18.7. The van der Waals surface area contributed by atoms with Gasteiger partial charge >= 0.3 is 6.09 Å². The second-order valence-corrected chi connectivity index (χ2v) is 19.7. The van der Waals surface area contributed by atoms with Crippen LogP contribution in [-0.2, 0) is 16.2 Å². The van der Waals surface area contributed by atoms with E-state index < -0.39 is 13.7 Å². The molecule has 3 aromatic heterocycles. The Labute approximate surface area is 248 Å².